The Kier molecular flexibility index (Phi) is 18.4. The molecular weight excluding hydrogens is 362 g/mol. The van der Waals surface area contributed by atoms with Crippen molar-refractivity contribution in [2.24, 2.45) is 5.73 Å². The highest BCUT2D eigenvalue weighted by molar-refractivity contribution is 5.13. The second kappa shape index (κ2) is 20.7. The average Bonchev–Trinajstić information content (AvgIpc) is 2.73. The zero-order valence-corrected chi connectivity index (χ0v) is 16.9. The molecule has 7 heteroatoms. The minimum Gasteiger partial charge on any atom is -0.379 e. The Labute approximate surface area is 169 Å². The van der Waals surface area contributed by atoms with Crippen LogP contribution in [0.1, 0.15) is 12.0 Å². The third-order valence-electron chi connectivity index (χ3n) is 3.66. The van der Waals surface area contributed by atoms with Gasteiger partial charge in [-0.3, -0.25) is 0 Å². The van der Waals surface area contributed by atoms with Crippen LogP contribution in [0, 0.1) is 6.07 Å². The normalized spacial score (nSPS) is 11.2. The number of rotatable bonds is 21. The first kappa shape index (κ1) is 25.0. The van der Waals surface area contributed by atoms with Crippen molar-refractivity contribution in [1.82, 2.24) is 0 Å². The van der Waals surface area contributed by atoms with Gasteiger partial charge >= 0.3 is 0 Å². The molecular formula is C21H36NO6. The Bertz CT molecular complexity index is 421. The monoisotopic (exact) mass is 398 g/mol. The molecule has 0 fully saturated rings. The molecule has 0 aliphatic heterocycles. The molecule has 1 rings (SSSR count). The van der Waals surface area contributed by atoms with Crippen molar-refractivity contribution >= 4 is 0 Å². The van der Waals surface area contributed by atoms with E-state index >= 15 is 0 Å². The zero-order chi connectivity index (χ0) is 20.0. The van der Waals surface area contributed by atoms with Crippen molar-refractivity contribution in [3.63, 3.8) is 0 Å². The van der Waals surface area contributed by atoms with Crippen LogP contribution in [0.4, 0.5) is 0 Å². The van der Waals surface area contributed by atoms with Gasteiger partial charge < -0.3 is 34.2 Å². The fourth-order valence-corrected chi connectivity index (χ4v) is 2.25. The fraction of sp³-hybridized carbons (Fsp3) is 0.714. The van der Waals surface area contributed by atoms with Crippen molar-refractivity contribution in [3.8, 4) is 0 Å². The van der Waals surface area contributed by atoms with Crippen molar-refractivity contribution in [1.29, 1.82) is 0 Å². The molecule has 0 atom stereocenters. The van der Waals surface area contributed by atoms with Crippen LogP contribution < -0.4 is 5.73 Å². The van der Waals surface area contributed by atoms with Crippen LogP contribution >= 0.6 is 0 Å². The van der Waals surface area contributed by atoms with E-state index in [1.54, 1.807) is 0 Å². The first-order valence-electron chi connectivity index (χ1n) is 10.0. The van der Waals surface area contributed by atoms with Gasteiger partial charge in [-0.2, -0.15) is 0 Å². The van der Waals surface area contributed by atoms with Crippen LogP contribution in [0.5, 0.6) is 0 Å². The summed E-state index contributed by atoms with van der Waals surface area (Å²) in [6, 6.07) is 11.1. The summed E-state index contributed by atoms with van der Waals surface area (Å²) >= 11 is 0. The van der Waals surface area contributed by atoms with E-state index in [4.69, 9.17) is 34.2 Å². The van der Waals surface area contributed by atoms with E-state index in [0.29, 0.717) is 79.2 Å². The molecule has 0 amide bonds. The molecule has 28 heavy (non-hydrogen) atoms. The smallest absolute Gasteiger partial charge is 0.0701 e. The van der Waals surface area contributed by atoms with Crippen LogP contribution in [-0.2, 0) is 34.8 Å². The lowest BCUT2D eigenvalue weighted by Gasteiger charge is -2.08. The van der Waals surface area contributed by atoms with E-state index in [1.807, 2.05) is 12.1 Å². The number of nitrogens with two attached hydrogens (primary N) is 1. The lowest BCUT2D eigenvalue weighted by molar-refractivity contribution is -0.0164. The zero-order valence-electron chi connectivity index (χ0n) is 16.9. The topological polar surface area (TPSA) is 81.4 Å². The van der Waals surface area contributed by atoms with Gasteiger partial charge in [0.15, 0.2) is 0 Å². The number of ether oxygens (including phenoxy) is 6. The maximum atomic E-state index is 5.56. The van der Waals surface area contributed by atoms with Crippen molar-refractivity contribution < 1.29 is 28.4 Å². The van der Waals surface area contributed by atoms with Gasteiger partial charge in [-0.05, 0) is 24.5 Å². The maximum Gasteiger partial charge on any atom is 0.0701 e. The number of hydrogen-bond acceptors (Lipinski definition) is 7. The van der Waals surface area contributed by atoms with Gasteiger partial charge in [0.2, 0.25) is 0 Å². The van der Waals surface area contributed by atoms with Crippen LogP contribution in [0.15, 0.2) is 24.3 Å². The molecule has 0 spiro atoms. The third kappa shape index (κ3) is 17.1. The SMILES string of the molecule is NCCOCCOCCOCCOCCOCCOCCCc1cc[c]cc1. The van der Waals surface area contributed by atoms with E-state index in [-0.39, 0.29) is 0 Å². The lowest BCUT2D eigenvalue weighted by Crippen LogP contribution is -2.15. The summed E-state index contributed by atoms with van der Waals surface area (Å²) in [5, 5.41) is 0. The molecule has 0 saturated heterocycles. The summed E-state index contributed by atoms with van der Waals surface area (Å²) in [7, 11) is 0. The Morgan fingerprint density at radius 1 is 0.571 bits per heavy atom. The second-order valence-corrected chi connectivity index (χ2v) is 5.97. The Balaban J connectivity index is 1.67. The number of hydrogen-bond donors (Lipinski definition) is 1. The molecule has 1 aromatic rings. The summed E-state index contributed by atoms with van der Waals surface area (Å²) in [6.45, 7) is 7.53. The first-order valence-corrected chi connectivity index (χ1v) is 10.0. The van der Waals surface area contributed by atoms with Crippen LogP contribution in [0.3, 0.4) is 0 Å². The Morgan fingerprint density at radius 3 is 1.39 bits per heavy atom. The van der Waals surface area contributed by atoms with E-state index in [9.17, 15) is 0 Å². The van der Waals surface area contributed by atoms with Crippen molar-refractivity contribution in [3.05, 3.63) is 35.9 Å². The van der Waals surface area contributed by atoms with E-state index in [0.717, 1.165) is 19.4 Å². The molecule has 2 N–H and O–H groups in total. The van der Waals surface area contributed by atoms with Crippen LogP contribution in [0.2, 0.25) is 0 Å². The van der Waals surface area contributed by atoms with E-state index in [1.165, 1.54) is 5.56 Å². The van der Waals surface area contributed by atoms with Crippen LogP contribution in [0.25, 0.3) is 0 Å². The molecule has 0 aliphatic rings. The summed E-state index contributed by atoms with van der Waals surface area (Å²) in [5.74, 6) is 0. The molecule has 1 radical (unpaired) electrons. The summed E-state index contributed by atoms with van der Waals surface area (Å²) in [6.07, 6.45) is 2.04. The van der Waals surface area contributed by atoms with Gasteiger partial charge in [0.05, 0.1) is 72.7 Å². The maximum absolute atomic E-state index is 5.56. The molecule has 161 valence electrons. The average molecular weight is 399 g/mol. The molecule has 1 aromatic carbocycles. The predicted molar refractivity (Wildman–Crippen MR) is 108 cm³/mol. The van der Waals surface area contributed by atoms with Crippen molar-refractivity contribution in [2.75, 3.05) is 85.8 Å². The largest absolute Gasteiger partial charge is 0.379 e. The second-order valence-electron chi connectivity index (χ2n) is 5.97. The van der Waals surface area contributed by atoms with Gasteiger partial charge in [-0.1, -0.05) is 24.3 Å². The summed E-state index contributed by atoms with van der Waals surface area (Å²) < 4.78 is 32.4. The molecule has 0 heterocycles. The first-order chi connectivity index (χ1) is 13.9. The highest BCUT2D eigenvalue weighted by Gasteiger charge is 1.95. The van der Waals surface area contributed by atoms with Gasteiger partial charge in [-0.15, -0.1) is 0 Å². The Morgan fingerprint density at radius 2 is 0.964 bits per heavy atom. The van der Waals surface area contributed by atoms with Crippen LogP contribution in [-0.4, -0.2) is 85.8 Å². The highest BCUT2D eigenvalue weighted by Crippen LogP contribution is 2.01. The Hall–Kier alpha value is -1.06. The van der Waals surface area contributed by atoms with E-state index < -0.39 is 0 Å². The molecule has 0 saturated carbocycles. The number of benzene rings is 1. The van der Waals surface area contributed by atoms with Gasteiger partial charge in [-0.25, -0.2) is 0 Å². The highest BCUT2D eigenvalue weighted by atomic mass is 16.6. The van der Waals surface area contributed by atoms with E-state index in [2.05, 4.69) is 18.2 Å². The molecule has 0 bridgehead atoms. The molecule has 0 aliphatic carbocycles. The molecule has 0 aromatic heterocycles. The molecule has 7 nitrogen and oxygen atoms in total. The summed E-state index contributed by atoms with van der Waals surface area (Å²) in [5.41, 5.74) is 6.63. The molecule has 0 unspecified atom stereocenters. The third-order valence-corrected chi connectivity index (χ3v) is 3.66. The quantitative estimate of drug-likeness (QED) is 0.314. The van der Waals surface area contributed by atoms with Crippen molar-refractivity contribution in [2.45, 2.75) is 12.8 Å². The fourth-order valence-electron chi connectivity index (χ4n) is 2.25. The lowest BCUT2D eigenvalue weighted by atomic mass is 10.1. The van der Waals surface area contributed by atoms with Gasteiger partial charge in [0.25, 0.3) is 0 Å². The van der Waals surface area contributed by atoms with Gasteiger partial charge in [0.1, 0.15) is 0 Å². The minimum absolute atomic E-state index is 0.538. The van der Waals surface area contributed by atoms with Gasteiger partial charge in [0, 0.05) is 13.2 Å². The summed E-state index contributed by atoms with van der Waals surface area (Å²) in [4.78, 5) is 0. The standard InChI is InChI=1S/C21H36NO6/c22-8-10-24-12-14-26-16-18-28-20-19-27-17-15-25-13-11-23-9-4-7-21-5-2-1-3-6-21/h2-3,5-6H,4,7-20,22H2. The minimum atomic E-state index is 0.538. The predicted octanol–water partition coefficient (Wildman–Crippen LogP) is 1.48. The number of aryl methyl sites for hydroxylation is 1.